The van der Waals surface area contributed by atoms with Crippen molar-refractivity contribution in [1.29, 1.82) is 0 Å². The summed E-state index contributed by atoms with van der Waals surface area (Å²) in [5.41, 5.74) is -0.178. The van der Waals surface area contributed by atoms with Gasteiger partial charge in [0.2, 0.25) is 5.88 Å². The summed E-state index contributed by atoms with van der Waals surface area (Å²) in [6.07, 6.45) is 1.47. The SMILES string of the molecule is CCOC(=O)c1c(O)nc2ncccc2c1O.[NaH].[NaH]. The zero-order valence-corrected chi connectivity index (χ0v) is 9.04. The summed E-state index contributed by atoms with van der Waals surface area (Å²) < 4.78 is 4.72. The number of pyridine rings is 2. The Hall–Kier alpha value is -0.370. The van der Waals surface area contributed by atoms with Gasteiger partial charge in [0.25, 0.3) is 0 Å². The predicted octanol–water partition coefficient (Wildman–Crippen LogP) is -0.0793. The van der Waals surface area contributed by atoms with E-state index < -0.39 is 11.8 Å². The zero-order chi connectivity index (χ0) is 12.4. The first-order valence-corrected chi connectivity index (χ1v) is 4.99. The average Bonchev–Trinajstić information content (AvgIpc) is 2.29. The number of aromatic nitrogens is 2. The van der Waals surface area contributed by atoms with Crippen LogP contribution in [-0.2, 0) is 4.74 Å². The van der Waals surface area contributed by atoms with Crippen LogP contribution in [-0.4, -0.2) is 91.9 Å². The second-order valence-corrected chi connectivity index (χ2v) is 3.25. The van der Waals surface area contributed by atoms with Crippen LogP contribution in [0.15, 0.2) is 18.3 Å². The molecule has 8 heteroatoms. The van der Waals surface area contributed by atoms with Gasteiger partial charge in [0.15, 0.2) is 11.2 Å². The van der Waals surface area contributed by atoms with Crippen molar-refractivity contribution in [1.82, 2.24) is 9.97 Å². The molecule has 0 fully saturated rings. The molecule has 0 aromatic carbocycles. The van der Waals surface area contributed by atoms with E-state index in [4.69, 9.17) is 4.74 Å². The molecular weight excluding hydrogens is 270 g/mol. The minimum absolute atomic E-state index is 0. The topological polar surface area (TPSA) is 92.5 Å². The quantitative estimate of drug-likeness (QED) is 0.591. The van der Waals surface area contributed by atoms with Gasteiger partial charge in [-0.2, -0.15) is 4.98 Å². The van der Waals surface area contributed by atoms with Gasteiger partial charge in [0, 0.05) is 6.20 Å². The maximum atomic E-state index is 11.5. The molecule has 92 valence electrons. The van der Waals surface area contributed by atoms with Gasteiger partial charge >= 0.3 is 65.1 Å². The van der Waals surface area contributed by atoms with E-state index in [1.54, 1.807) is 19.1 Å². The van der Waals surface area contributed by atoms with E-state index in [-0.39, 0.29) is 88.1 Å². The molecule has 0 saturated heterocycles. The van der Waals surface area contributed by atoms with E-state index in [1.807, 2.05) is 0 Å². The van der Waals surface area contributed by atoms with Crippen molar-refractivity contribution in [2.45, 2.75) is 6.92 Å². The van der Waals surface area contributed by atoms with E-state index in [9.17, 15) is 15.0 Å². The molecular formula is C11H12N2Na2O4. The molecule has 2 rings (SSSR count). The Morgan fingerprint density at radius 3 is 2.68 bits per heavy atom. The Bertz CT molecular complexity index is 592. The van der Waals surface area contributed by atoms with Crippen LogP contribution in [0.2, 0.25) is 0 Å². The fourth-order valence-corrected chi connectivity index (χ4v) is 1.46. The summed E-state index contributed by atoms with van der Waals surface area (Å²) in [5.74, 6) is -1.79. The predicted molar refractivity (Wildman–Crippen MR) is 73.1 cm³/mol. The number of esters is 1. The summed E-state index contributed by atoms with van der Waals surface area (Å²) in [7, 11) is 0. The molecule has 0 atom stereocenters. The van der Waals surface area contributed by atoms with E-state index >= 15 is 0 Å². The standard InChI is InChI=1S/C11H10N2O4.2Na.2H/c1-2-17-11(16)7-8(14)6-4-3-5-12-9(6)13-10(7)15;;;;/h3-5H,2H2,1H3,(H2,12,13,14,15);;;;. The van der Waals surface area contributed by atoms with Crippen LogP contribution < -0.4 is 0 Å². The van der Waals surface area contributed by atoms with E-state index in [0.29, 0.717) is 0 Å². The number of carbonyl (C=O) groups excluding carboxylic acids is 1. The first-order chi connectivity index (χ1) is 8.15. The van der Waals surface area contributed by atoms with Crippen LogP contribution in [0.4, 0.5) is 0 Å². The van der Waals surface area contributed by atoms with Crippen molar-refractivity contribution in [3.05, 3.63) is 23.9 Å². The third-order valence-corrected chi connectivity index (χ3v) is 2.19. The third kappa shape index (κ3) is 3.81. The Labute approximate surface area is 153 Å². The molecule has 0 aliphatic heterocycles. The monoisotopic (exact) mass is 282 g/mol. The molecule has 0 unspecified atom stereocenters. The number of carbonyl (C=O) groups is 1. The van der Waals surface area contributed by atoms with Crippen LogP contribution in [0.3, 0.4) is 0 Å². The Morgan fingerprint density at radius 2 is 2.05 bits per heavy atom. The van der Waals surface area contributed by atoms with Gasteiger partial charge in [-0.25, -0.2) is 9.78 Å². The first-order valence-electron chi connectivity index (χ1n) is 4.99. The van der Waals surface area contributed by atoms with Crippen molar-refractivity contribution in [2.75, 3.05) is 6.61 Å². The van der Waals surface area contributed by atoms with Crippen LogP contribution in [0.5, 0.6) is 11.6 Å². The summed E-state index contributed by atoms with van der Waals surface area (Å²) >= 11 is 0. The number of hydrogen-bond donors (Lipinski definition) is 2. The van der Waals surface area contributed by atoms with E-state index in [1.165, 1.54) is 6.20 Å². The Kier molecular flexibility index (Phi) is 7.88. The van der Waals surface area contributed by atoms with Gasteiger partial charge < -0.3 is 14.9 Å². The molecule has 2 N–H and O–H groups in total. The van der Waals surface area contributed by atoms with E-state index in [0.717, 1.165) is 0 Å². The fraction of sp³-hybridized carbons (Fsp3) is 0.182. The first kappa shape index (κ1) is 18.6. The molecule has 0 radical (unpaired) electrons. The molecule has 0 bridgehead atoms. The van der Waals surface area contributed by atoms with Crippen LogP contribution in [0.1, 0.15) is 17.3 Å². The molecule has 2 aromatic rings. The van der Waals surface area contributed by atoms with Gasteiger partial charge in [-0.3, -0.25) is 0 Å². The van der Waals surface area contributed by atoms with Crippen molar-refractivity contribution < 1.29 is 19.7 Å². The Morgan fingerprint density at radius 1 is 1.37 bits per heavy atom. The number of nitrogens with zero attached hydrogens (tertiary/aromatic N) is 2. The van der Waals surface area contributed by atoms with Crippen molar-refractivity contribution in [2.24, 2.45) is 0 Å². The number of rotatable bonds is 2. The van der Waals surface area contributed by atoms with Crippen LogP contribution in [0, 0.1) is 0 Å². The second kappa shape index (κ2) is 8.04. The second-order valence-electron chi connectivity index (χ2n) is 3.25. The van der Waals surface area contributed by atoms with E-state index in [2.05, 4.69) is 9.97 Å². The van der Waals surface area contributed by atoms with Crippen molar-refractivity contribution >= 4 is 76.1 Å². The molecule has 6 nitrogen and oxygen atoms in total. The number of fused-ring (bicyclic) bond motifs is 1. The normalized spacial score (nSPS) is 9.32. The molecule has 2 heterocycles. The fourth-order valence-electron chi connectivity index (χ4n) is 1.46. The van der Waals surface area contributed by atoms with Gasteiger partial charge in [-0.15, -0.1) is 0 Å². The summed E-state index contributed by atoms with van der Waals surface area (Å²) in [6.45, 7) is 1.77. The number of ether oxygens (including phenoxy) is 1. The molecule has 0 saturated carbocycles. The maximum absolute atomic E-state index is 11.5. The molecule has 0 aliphatic carbocycles. The van der Waals surface area contributed by atoms with Crippen LogP contribution >= 0.6 is 0 Å². The number of hydrogen-bond acceptors (Lipinski definition) is 6. The summed E-state index contributed by atoms with van der Waals surface area (Å²) in [6, 6.07) is 3.14. The molecule has 19 heavy (non-hydrogen) atoms. The van der Waals surface area contributed by atoms with Gasteiger partial charge in [0.1, 0.15) is 5.75 Å². The molecule has 0 aliphatic rings. The van der Waals surface area contributed by atoms with Crippen molar-refractivity contribution in [3.8, 4) is 11.6 Å². The summed E-state index contributed by atoms with van der Waals surface area (Å²) in [5, 5.41) is 19.7. The Balaban J connectivity index is 0.00000162. The molecule has 0 amide bonds. The summed E-state index contributed by atoms with van der Waals surface area (Å²) in [4.78, 5) is 19.1. The van der Waals surface area contributed by atoms with Crippen molar-refractivity contribution in [3.63, 3.8) is 0 Å². The van der Waals surface area contributed by atoms with Gasteiger partial charge in [-0.05, 0) is 19.1 Å². The van der Waals surface area contributed by atoms with Gasteiger partial charge in [0.05, 0.1) is 12.0 Å². The average molecular weight is 282 g/mol. The zero-order valence-electron chi connectivity index (χ0n) is 9.04. The minimum atomic E-state index is -0.819. The molecule has 0 spiro atoms. The number of aromatic hydroxyl groups is 2. The third-order valence-electron chi connectivity index (χ3n) is 2.19. The molecule has 2 aromatic heterocycles. The van der Waals surface area contributed by atoms with Gasteiger partial charge in [-0.1, -0.05) is 0 Å². The van der Waals surface area contributed by atoms with Crippen LogP contribution in [0.25, 0.3) is 11.0 Å².